The number of carbonyl (C=O) groups is 2. The van der Waals surface area contributed by atoms with Crippen molar-refractivity contribution < 1.29 is 81.6 Å². The lowest BCUT2D eigenvalue weighted by Crippen LogP contribution is -2.64. The number of aliphatic hydroxyl groups is 4. The van der Waals surface area contributed by atoms with E-state index < -0.39 is 83.5 Å². The van der Waals surface area contributed by atoms with Crippen molar-refractivity contribution >= 4 is 27.6 Å². The van der Waals surface area contributed by atoms with Gasteiger partial charge in [0.05, 0.1) is 18.8 Å². The summed E-state index contributed by atoms with van der Waals surface area (Å²) in [6.45, 7) is 2.97. The lowest BCUT2D eigenvalue weighted by atomic mass is 9.85. The van der Waals surface area contributed by atoms with E-state index in [0.29, 0.717) is 25.0 Å². The number of phosphoric acid groups is 2. The highest BCUT2D eigenvalue weighted by Gasteiger charge is 2.54. The molecule has 17 nitrogen and oxygen atoms in total. The molecule has 19 heteroatoms. The van der Waals surface area contributed by atoms with Crippen LogP contribution in [0.5, 0.6) is 0 Å². The van der Waals surface area contributed by atoms with Gasteiger partial charge in [0.2, 0.25) is 0 Å². The summed E-state index contributed by atoms with van der Waals surface area (Å²) in [4.78, 5) is 54.2. The summed E-state index contributed by atoms with van der Waals surface area (Å²) >= 11 is 0. The number of aliphatic hydroxyl groups excluding tert-OH is 4. The summed E-state index contributed by atoms with van der Waals surface area (Å²) in [7, 11) is -10.7. The largest absolute Gasteiger partial charge is 0.472 e. The van der Waals surface area contributed by atoms with Gasteiger partial charge in [0, 0.05) is 12.8 Å². The van der Waals surface area contributed by atoms with Crippen LogP contribution in [0.3, 0.4) is 0 Å². The lowest BCUT2D eigenvalue weighted by molar-refractivity contribution is -0.216. The Labute approximate surface area is 368 Å². The third-order valence-corrected chi connectivity index (χ3v) is 12.1. The summed E-state index contributed by atoms with van der Waals surface area (Å²) in [6, 6.07) is 0. The van der Waals surface area contributed by atoms with Crippen LogP contribution in [0.15, 0.2) is 36.5 Å². The molecule has 1 aliphatic heterocycles. The number of unbranched alkanes of at least 4 members (excludes halogenated alkanes) is 13. The Morgan fingerprint density at radius 2 is 1.16 bits per heavy atom. The van der Waals surface area contributed by atoms with E-state index >= 15 is 0 Å². The number of phosphoric ester groups is 2. The van der Waals surface area contributed by atoms with E-state index in [9.17, 15) is 44.0 Å². The van der Waals surface area contributed by atoms with Gasteiger partial charge in [-0.2, -0.15) is 0 Å². The van der Waals surface area contributed by atoms with Gasteiger partial charge in [-0.15, -0.1) is 0 Å². The molecule has 1 aliphatic carbocycles. The summed E-state index contributed by atoms with van der Waals surface area (Å²) in [5.74, 6) is -1.25. The molecule has 0 spiro atoms. The maximum absolute atomic E-state index is 13.0. The fourth-order valence-corrected chi connectivity index (χ4v) is 8.49. The maximum Gasteiger partial charge on any atom is 0.472 e. The van der Waals surface area contributed by atoms with E-state index in [1.54, 1.807) is 0 Å². The van der Waals surface area contributed by atoms with Crippen molar-refractivity contribution in [1.29, 1.82) is 0 Å². The van der Waals surface area contributed by atoms with Gasteiger partial charge in [0.1, 0.15) is 43.2 Å². The Balaban J connectivity index is 1.82. The molecule has 2 fully saturated rings. The second-order valence-corrected chi connectivity index (χ2v) is 18.7. The average Bonchev–Trinajstić information content (AvgIpc) is 3.98. The third kappa shape index (κ3) is 25.6. The third-order valence-electron chi connectivity index (χ3n) is 10.6. The molecule has 0 aromatic rings. The van der Waals surface area contributed by atoms with Crippen LogP contribution in [0.4, 0.5) is 0 Å². The summed E-state index contributed by atoms with van der Waals surface area (Å²) in [5.41, 5.74) is 0. The Hall–Kier alpha value is -1.82. The first-order valence-corrected chi connectivity index (χ1v) is 25.7. The first kappa shape index (κ1) is 56.3. The monoisotopic (exact) mass is 926 g/mol. The predicted molar refractivity (Wildman–Crippen MR) is 231 cm³/mol. The smallest absolute Gasteiger partial charge is 0.462 e. The molecule has 1 saturated carbocycles. The van der Waals surface area contributed by atoms with Crippen molar-refractivity contribution in [3.8, 4) is 0 Å². The Morgan fingerprint density at radius 3 is 1.77 bits per heavy atom. The number of esters is 2. The van der Waals surface area contributed by atoms with Crippen molar-refractivity contribution in [1.82, 2.24) is 0 Å². The number of rotatable bonds is 36. The van der Waals surface area contributed by atoms with Gasteiger partial charge in [0.25, 0.3) is 0 Å². The Morgan fingerprint density at radius 1 is 0.597 bits per heavy atom. The SMILES string of the molecule is CCC/C=C\C/C=C\CCCCCCCC(=O)OC[C@H](COP(=O)(O)O[C@H]1C(O)C(O)C(O)[C@@H](OP(=O)(O)O)C1O)OC(=O)CCCCCCC/C=C\CC1OC1CCCCC. The molecule has 0 amide bonds. The molecule has 7 N–H and O–H groups in total. The highest BCUT2D eigenvalue weighted by molar-refractivity contribution is 7.47. The van der Waals surface area contributed by atoms with Gasteiger partial charge in [-0.3, -0.25) is 23.2 Å². The topological polar surface area (TPSA) is 269 Å². The molecule has 2 aliphatic rings. The van der Waals surface area contributed by atoms with E-state index in [1.807, 2.05) is 0 Å². The molecule has 0 radical (unpaired) electrons. The fraction of sp³-hybridized carbons (Fsp3) is 0.814. The number of epoxide rings is 1. The van der Waals surface area contributed by atoms with Crippen molar-refractivity contribution in [2.45, 2.75) is 210 Å². The van der Waals surface area contributed by atoms with Gasteiger partial charge in [-0.05, 0) is 64.2 Å². The van der Waals surface area contributed by atoms with Gasteiger partial charge in [-0.1, -0.05) is 115 Å². The zero-order valence-corrected chi connectivity index (χ0v) is 38.5. The highest BCUT2D eigenvalue weighted by Crippen LogP contribution is 2.49. The molecule has 0 bridgehead atoms. The number of carbonyl (C=O) groups excluding carboxylic acids is 2. The van der Waals surface area contributed by atoms with Crippen LogP contribution in [-0.2, 0) is 46.5 Å². The van der Waals surface area contributed by atoms with E-state index in [1.165, 1.54) is 19.3 Å². The van der Waals surface area contributed by atoms with E-state index in [0.717, 1.165) is 96.3 Å². The summed E-state index contributed by atoms with van der Waals surface area (Å²) in [5, 5.41) is 41.2. The minimum absolute atomic E-state index is 0.0197. The molecule has 62 heavy (non-hydrogen) atoms. The number of hydrogen-bond acceptors (Lipinski definition) is 14. The van der Waals surface area contributed by atoms with Crippen LogP contribution in [0.25, 0.3) is 0 Å². The standard InChI is InChI=1S/C43H76O17P2/c1-3-5-7-8-9-10-11-12-13-14-18-21-25-29-36(44)55-31-33(32-56-62(53,54)60-43-40(48)38(46)39(47)42(41(43)49)59-61(50,51)52)57-37(45)30-26-22-19-16-15-17-20-24-28-35-34(58-35)27-23-6-4-2/h7-8,10-11,20,24,33-35,38-43,46-49H,3-6,9,12-19,21-23,25-32H2,1-2H3,(H,53,54)(H2,50,51,52)/b8-7-,11-10-,24-20-/t33-,34?,35?,38?,39?,40?,41?,42-,43+/m1/s1. The number of ether oxygens (including phenoxy) is 3. The molecule has 0 aromatic carbocycles. The zero-order valence-electron chi connectivity index (χ0n) is 36.7. The van der Waals surface area contributed by atoms with Crippen LogP contribution in [0, 0.1) is 0 Å². The molecular weight excluding hydrogens is 850 g/mol. The lowest BCUT2D eigenvalue weighted by Gasteiger charge is -2.43. The minimum atomic E-state index is -5.37. The molecule has 10 atom stereocenters. The van der Waals surface area contributed by atoms with E-state index in [4.69, 9.17) is 33.0 Å². The average molecular weight is 927 g/mol. The molecular formula is C43H76O17P2. The van der Waals surface area contributed by atoms with Crippen LogP contribution < -0.4 is 0 Å². The molecule has 0 aromatic heterocycles. The van der Waals surface area contributed by atoms with E-state index in [-0.39, 0.29) is 12.8 Å². The molecule has 2 rings (SSSR count). The first-order chi connectivity index (χ1) is 29.6. The quantitative estimate of drug-likeness (QED) is 0.0110. The first-order valence-electron chi connectivity index (χ1n) is 22.7. The second-order valence-electron chi connectivity index (χ2n) is 16.1. The normalized spacial score (nSPS) is 25.7. The van der Waals surface area contributed by atoms with Crippen LogP contribution in [-0.4, -0.2) is 115 Å². The molecule has 7 unspecified atom stereocenters. The molecule has 1 saturated heterocycles. The fourth-order valence-electron chi connectivity index (χ4n) is 6.95. The van der Waals surface area contributed by atoms with Gasteiger partial charge in [-0.25, -0.2) is 9.13 Å². The Kier molecular flexibility index (Phi) is 29.0. The van der Waals surface area contributed by atoms with Crippen LogP contribution in [0.1, 0.15) is 155 Å². The van der Waals surface area contributed by atoms with Crippen molar-refractivity contribution in [3.05, 3.63) is 36.5 Å². The van der Waals surface area contributed by atoms with Gasteiger partial charge >= 0.3 is 27.6 Å². The summed E-state index contributed by atoms with van der Waals surface area (Å²) < 4.78 is 55.0. The highest BCUT2D eigenvalue weighted by atomic mass is 31.2. The van der Waals surface area contributed by atoms with Crippen LogP contribution >= 0.6 is 15.6 Å². The van der Waals surface area contributed by atoms with Crippen molar-refractivity contribution in [2.24, 2.45) is 0 Å². The van der Waals surface area contributed by atoms with Crippen molar-refractivity contribution in [3.63, 3.8) is 0 Å². The van der Waals surface area contributed by atoms with E-state index in [2.05, 4.69) is 54.8 Å². The zero-order chi connectivity index (χ0) is 45.8. The van der Waals surface area contributed by atoms with Gasteiger partial charge < -0.3 is 49.3 Å². The molecule has 360 valence electrons. The number of allylic oxidation sites excluding steroid dienone is 5. The Bertz CT molecular complexity index is 1420. The van der Waals surface area contributed by atoms with Crippen LogP contribution in [0.2, 0.25) is 0 Å². The van der Waals surface area contributed by atoms with Crippen molar-refractivity contribution in [2.75, 3.05) is 13.2 Å². The number of hydrogen-bond donors (Lipinski definition) is 7. The second kappa shape index (κ2) is 32.0. The van der Waals surface area contributed by atoms with Gasteiger partial charge in [0.15, 0.2) is 6.10 Å². The minimum Gasteiger partial charge on any atom is -0.462 e. The molecule has 1 heterocycles. The predicted octanol–water partition coefficient (Wildman–Crippen LogP) is 6.94. The maximum atomic E-state index is 13.0. The summed E-state index contributed by atoms with van der Waals surface area (Å²) in [6.07, 6.45) is 18.5.